The summed E-state index contributed by atoms with van der Waals surface area (Å²) in [6.45, 7) is 4.34. The van der Waals surface area contributed by atoms with Crippen LogP contribution in [-0.4, -0.2) is 76.0 Å². The van der Waals surface area contributed by atoms with Crippen molar-refractivity contribution in [1.82, 2.24) is 25.1 Å². The number of nitrogen functional groups attached to an aromatic ring is 1. The summed E-state index contributed by atoms with van der Waals surface area (Å²) >= 11 is 0. The second kappa shape index (κ2) is 10.2. The highest BCUT2D eigenvalue weighted by atomic mass is 16.3. The van der Waals surface area contributed by atoms with Crippen LogP contribution in [0.3, 0.4) is 0 Å². The summed E-state index contributed by atoms with van der Waals surface area (Å²) < 4.78 is 0. The number of benzene rings is 1. The van der Waals surface area contributed by atoms with Crippen LogP contribution in [0.1, 0.15) is 25.1 Å². The van der Waals surface area contributed by atoms with Crippen molar-refractivity contribution >= 4 is 17.3 Å². The highest BCUT2D eigenvalue weighted by Crippen LogP contribution is 2.31. The molecular weight excluding hydrogens is 440 g/mol. The van der Waals surface area contributed by atoms with Crippen LogP contribution in [0.25, 0.3) is 11.3 Å². The third-order valence-corrected chi connectivity index (χ3v) is 6.65. The number of nitrogens with zero attached hydrogens (tertiary/aromatic N) is 7. The first-order valence-electron chi connectivity index (χ1n) is 12.0. The Hall–Kier alpha value is -3.90. The molecular formula is C26H30N8O. The maximum absolute atomic E-state index is 10.2. The maximum atomic E-state index is 10.2. The second-order valence-electron chi connectivity index (χ2n) is 8.99. The van der Waals surface area contributed by atoms with Crippen molar-refractivity contribution in [3.8, 4) is 28.8 Å². The average Bonchev–Trinajstić information content (AvgIpc) is 3.13. The molecule has 4 heterocycles. The molecule has 2 saturated heterocycles. The Bertz CT molecular complexity index is 1250. The number of phenolic OH excluding ortho intramolecular Hbond substituents is 1. The van der Waals surface area contributed by atoms with Gasteiger partial charge in [0.15, 0.2) is 5.82 Å². The van der Waals surface area contributed by atoms with Crippen LogP contribution in [0.4, 0.5) is 17.3 Å². The second-order valence-corrected chi connectivity index (χ2v) is 8.99. The van der Waals surface area contributed by atoms with Crippen LogP contribution in [-0.2, 0) is 0 Å². The van der Waals surface area contributed by atoms with Gasteiger partial charge in [-0.2, -0.15) is 0 Å². The number of rotatable bonds is 3. The van der Waals surface area contributed by atoms with Gasteiger partial charge in [0, 0.05) is 37.9 Å². The van der Waals surface area contributed by atoms with Crippen molar-refractivity contribution in [2.75, 3.05) is 55.3 Å². The molecule has 0 bridgehead atoms. The van der Waals surface area contributed by atoms with E-state index in [2.05, 4.69) is 48.8 Å². The lowest BCUT2D eigenvalue weighted by Crippen LogP contribution is -2.31. The Balaban J connectivity index is 1.31. The fourth-order valence-corrected chi connectivity index (χ4v) is 4.68. The standard InChI is InChI=1S/C26H30N8O/c1-32-13-4-6-19(32)9-10-24-28-12-11-25(29-24)34-15-5-14-33(16-17-34)22-18-21(30-31-26(22)27)20-7-2-3-8-23(20)35/h2-3,7-8,11-12,18-19,35H,4-6,13-17H2,1H3,(H2,27,31). The normalized spacial score (nSPS) is 18.7. The summed E-state index contributed by atoms with van der Waals surface area (Å²) in [5.41, 5.74) is 8.28. The molecule has 0 amide bonds. The molecule has 3 N–H and O–H groups in total. The summed E-state index contributed by atoms with van der Waals surface area (Å²) in [4.78, 5) is 15.9. The highest BCUT2D eigenvalue weighted by Gasteiger charge is 2.21. The van der Waals surface area contributed by atoms with Crippen LogP contribution >= 0.6 is 0 Å². The fourth-order valence-electron chi connectivity index (χ4n) is 4.68. The summed E-state index contributed by atoms with van der Waals surface area (Å²) in [5, 5.41) is 18.6. The van der Waals surface area contributed by atoms with Crippen molar-refractivity contribution in [2.24, 2.45) is 0 Å². The molecule has 35 heavy (non-hydrogen) atoms. The number of hydrogen-bond acceptors (Lipinski definition) is 9. The predicted octanol–water partition coefficient (Wildman–Crippen LogP) is 2.38. The first kappa shape index (κ1) is 22.9. The monoisotopic (exact) mass is 470 g/mol. The van der Waals surface area contributed by atoms with E-state index in [0.29, 0.717) is 22.9 Å². The molecule has 5 rings (SSSR count). The summed E-state index contributed by atoms with van der Waals surface area (Å²) in [7, 11) is 2.11. The fraction of sp³-hybridized carbons (Fsp3) is 0.385. The first-order chi connectivity index (χ1) is 17.1. The molecule has 0 radical (unpaired) electrons. The van der Waals surface area contributed by atoms with E-state index in [-0.39, 0.29) is 11.8 Å². The molecule has 2 aromatic heterocycles. The Labute approximate surface area is 205 Å². The lowest BCUT2D eigenvalue weighted by atomic mass is 10.1. The molecule has 3 aromatic rings. The van der Waals surface area contributed by atoms with Crippen LogP contribution in [0.2, 0.25) is 0 Å². The minimum atomic E-state index is 0.168. The number of para-hydroxylation sites is 1. The molecule has 0 aliphatic carbocycles. The van der Waals surface area contributed by atoms with Gasteiger partial charge < -0.3 is 20.6 Å². The van der Waals surface area contributed by atoms with Gasteiger partial charge in [-0.1, -0.05) is 18.1 Å². The van der Waals surface area contributed by atoms with E-state index in [0.717, 1.165) is 57.1 Å². The Morgan fingerprint density at radius 2 is 1.83 bits per heavy atom. The number of aromatic hydroxyl groups is 1. The molecule has 2 aliphatic rings. The predicted molar refractivity (Wildman–Crippen MR) is 137 cm³/mol. The lowest BCUT2D eigenvalue weighted by Gasteiger charge is -2.25. The van der Waals surface area contributed by atoms with Crippen molar-refractivity contribution in [3.63, 3.8) is 0 Å². The Kier molecular flexibility index (Phi) is 6.64. The Morgan fingerprint density at radius 1 is 1.00 bits per heavy atom. The van der Waals surface area contributed by atoms with Crippen molar-refractivity contribution in [2.45, 2.75) is 25.3 Å². The molecule has 1 aromatic carbocycles. The number of aromatic nitrogens is 4. The smallest absolute Gasteiger partial charge is 0.206 e. The molecule has 9 nitrogen and oxygen atoms in total. The molecule has 2 fully saturated rings. The van der Waals surface area contributed by atoms with Crippen molar-refractivity contribution in [3.05, 3.63) is 48.4 Å². The quantitative estimate of drug-likeness (QED) is 0.558. The number of hydrogen-bond donors (Lipinski definition) is 2. The van der Waals surface area contributed by atoms with Gasteiger partial charge in [-0.05, 0) is 63.0 Å². The molecule has 0 spiro atoms. The van der Waals surface area contributed by atoms with Gasteiger partial charge in [0.1, 0.15) is 11.6 Å². The zero-order valence-electron chi connectivity index (χ0n) is 19.9. The minimum Gasteiger partial charge on any atom is -0.507 e. The number of nitrogens with two attached hydrogens (primary N) is 1. The van der Waals surface area contributed by atoms with Gasteiger partial charge in [-0.25, -0.2) is 9.97 Å². The molecule has 9 heteroatoms. The first-order valence-corrected chi connectivity index (χ1v) is 12.0. The third-order valence-electron chi connectivity index (χ3n) is 6.65. The number of likely N-dealkylation sites (tertiary alicyclic amines) is 1. The van der Waals surface area contributed by atoms with Crippen molar-refractivity contribution < 1.29 is 5.11 Å². The number of anilines is 3. The van der Waals surface area contributed by atoms with Crippen LogP contribution in [0.15, 0.2) is 42.6 Å². The topological polar surface area (TPSA) is 108 Å². The van der Waals surface area contributed by atoms with Gasteiger partial charge >= 0.3 is 0 Å². The SMILES string of the molecule is CN1CCCC1C#Cc1nccc(N2CCCN(c3cc(-c4ccccc4O)nnc3N)CC2)n1. The van der Waals surface area contributed by atoms with Crippen LogP contribution < -0.4 is 15.5 Å². The van der Waals surface area contributed by atoms with E-state index < -0.39 is 0 Å². The van der Waals surface area contributed by atoms with Crippen molar-refractivity contribution in [1.29, 1.82) is 0 Å². The van der Waals surface area contributed by atoms with E-state index in [1.165, 1.54) is 6.42 Å². The Morgan fingerprint density at radius 3 is 2.66 bits per heavy atom. The molecule has 0 saturated carbocycles. The highest BCUT2D eigenvalue weighted by molar-refractivity contribution is 5.74. The zero-order chi connectivity index (χ0) is 24.2. The molecule has 2 aliphatic heterocycles. The average molecular weight is 471 g/mol. The maximum Gasteiger partial charge on any atom is 0.206 e. The van der Waals surface area contributed by atoms with E-state index in [9.17, 15) is 5.11 Å². The van der Waals surface area contributed by atoms with Gasteiger partial charge in [0.05, 0.1) is 17.4 Å². The minimum absolute atomic E-state index is 0.168. The third kappa shape index (κ3) is 5.12. The van der Waals surface area contributed by atoms with E-state index >= 15 is 0 Å². The summed E-state index contributed by atoms with van der Waals surface area (Å²) in [5.74, 6) is 8.52. The van der Waals surface area contributed by atoms with Gasteiger partial charge in [0.25, 0.3) is 0 Å². The molecule has 180 valence electrons. The van der Waals surface area contributed by atoms with Crippen LogP contribution in [0.5, 0.6) is 5.75 Å². The largest absolute Gasteiger partial charge is 0.507 e. The lowest BCUT2D eigenvalue weighted by molar-refractivity contribution is 0.365. The summed E-state index contributed by atoms with van der Waals surface area (Å²) in [6, 6.07) is 11.3. The molecule has 1 atom stereocenters. The van der Waals surface area contributed by atoms with Gasteiger partial charge in [-0.3, -0.25) is 4.90 Å². The molecule has 1 unspecified atom stereocenters. The van der Waals surface area contributed by atoms with Gasteiger partial charge in [-0.15, -0.1) is 10.2 Å². The van der Waals surface area contributed by atoms with Gasteiger partial charge in [0.2, 0.25) is 5.82 Å². The number of phenols is 1. The van der Waals surface area contributed by atoms with E-state index in [4.69, 9.17) is 10.7 Å². The summed E-state index contributed by atoms with van der Waals surface area (Å²) in [6.07, 6.45) is 5.01. The van der Waals surface area contributed by atoms with E-state index in [1.807, 2.05) is 24.3 Å². The van der Waals surface area contributed by atoms with E-state index in [1.54, 1.807) is 18.3 Å². The van der Waals surface area contributed by atoms with Crippen LogP contribution in [0, 0.1) is 11.8 Å². The zero-order valence-corrected chi connectivity index (χ0v) is 19.9.